The lowest BCUT2D eigenvalue weighted by molar-refractivity contribution is -0.114. The Labute approximate surface area is 182 Å². The number of carboxylic acids is 1. The van der Waals surface area contributed by atoms with Crippen LogP contribution in [0.3, 0.4) is 0 Å². The summed E-state index contributed by atoms with van der Waals surface area (Å²) in [6, 6.07) is 14.6. The number of nitrogens with zero attached hydrogens (tertiary/aromatic N) is 2. The van der Waals surface area contributed by atoms with Crippen molar-refractivity contribution in [3.05, 3.63) is 77.6 Å². The number of anilines is 1. The van der Waals surface area contributed by atoms with E-state index in [-0.39, 0.29) is 16.4 Å². The van der Waals surface area contributed by atoms with E-state index in [1.54, 1.807) is 25.1 Å². The Balaban J connectivity index is 1.57. The van der Waals surface area contributed by atoms with E-state index in [0.29, 0.717) is 34.1 Å². The first-order valence-corrected chi connectivity index (χ1v) is 10.7. The van der Waals surface area contributed by atoms with Crippen LogP contribution in [0, 0.1) is 0 Å². The second kappa shape index (κ2) is 7.91. The maximum absolute atomic E-state index is 12.9. The molecule has 9 nitrogen and oxygen atoms in total. The second-order valence-corrected chi connectivity index (χ2v) is 8.34. The third-order valence-corrected chi connectivity index (χ3v) is 5.64. The van der Waals surface area contributed by atoms with Crippen molar-refractivity contribution in [2.75, 3.05) is 5.01 Å². The fourth-order valence-corrected chi connectivity index (χ4v) is 3.60. The zero-order valence-corrected chi connectivity index (χ0v) is 17.4. The van der Waals surface area contributed by atoms with Crippen molar-refractivity contribution >= 4 is 39.5 Å². The fraction of sp³-hybridized carbons (Fsp3) is 0.0455. The van der Waals surface area contributed by atoms with E-state index in [1.165, 1.54) is 53.5 Å². The Bertz CT molecular complexity index is 1380. The smallest absolute Gasteiger partial charge is 0.335 e. The fourth-order valence-electron chi connectivity index (χ4n) is 3.12. The van der Waals surface area contributed by atoms with Crippen LogP contribution >= 0.6 is 0 Å². The molecule has 0 spiro atoms. The molecule has 0 radical (unpaired) electrons. The molecule has 2 aromatic carbocycles. The van der Waals surface area contributed by atoms with Gasteiger partial charge in [-0.3, -0.25) is 9.35 Å². The van der Waals surface area contributed by atoms with Crippen LogP contribution in [0.15, 0.2) is 80.7 Å². The number of hydrazone groups is 1. The van der Waals surface area contributed by atoms with Gasteiger partial charge in [-0.1, -0.05) is 0 Å². The van der Waals surface area contributed by atoms with Crippen molar-refractivity contribution < 1.29 is 32.1 Å². The summed E-state index contributed by atoms with van der Waals surface area (Å²) < 4.78 is 37.2. The van der Waals surface area contributed by atoms with Gasteiger partial charge in [-0.25, -0.2) is 4.79 Å². The van der Waals surface area contributed by atoms with Gasteiger partial charge in [-0.15, -0.1) is 0 Å². The second-order valence-electron chi connectivity index (χ2n) is 6.91. The average molecular weight is 452 g/mol. The molecule has 0 bridgehead atoms. The number of furan rings is 1. The summed E-state index contributed by atoms with van der Waals surface area (Å²) in [6.45, 7) is 1.67. The highest BCUT2D eigenvalue weighted by Gasteiger charge is 2.29. The quantitative estimate of drug-likeness (QED) is 0.445. The summed E-state index contributed by atoms with van der Waals surface area (Å²) >= 11 is 0. The molecule has 4 rings (SSSR count). The van der Waals surface area contributed by atoms with Gasteiger partial charge >= 0.3 is 5.97 Å². The van der Waals surface area contributed by atoms with E-state index < -0.39 is 16.1 Å². The van der Waals surface area contributed by atoms with Crippen LogP contribution in [-0.2, 0) is 14.9 Å². The summed E-state index contributed by atoms with van der Waals surface area (Å²) in [5.74, 6) is -0.619. The van der Waals surface area contributed by atoms with E-state index in [0.717, 1.165) is 0 Å². The van der Waals surface area contributed by atoms with Crippen molar-refractivity contribution in [1.82, 2.24) is 0 Å². The molecule has 10 heteroatoms. The molecule has 162 valence electrons. The number of rotatable bonds is 5. The molecule has 0 aliphatic carbocycles. The minimum atomic E-state index is -4.28. The average Bonchev–Trinajstić information content (AvgIpc) is 3.33. The molecule has 1 aliphatic rings. The molecule has 2 heterocycles. The number of carbonyl (C=O) groups excluding carboxylic acids is 1. The van der Waals surface area contributed by atoms with Gasteiger partial charge in [0.1, 0.15) is 11.5 Å². The predicted octanol–water partition coefficient (Wildman–Crippen LogP) is 3.70. The first-order valence-electron chi connectivity index (χ1n) is 9.26. The molecule has 3 aromatic rings. The van der Waals surface area contributed by atoms with Gasteiger partial charge in [-0.2, -0.15) is 18.5 Å². The lowest BCUT2D eigenvalue weighted by atomic mass is 10.1. The molecule has 0 saturated carbocycles. The highest BCUT2D eigenvalue weighted by molar-refractivity contribution is 7.85. The van der Waals surface area contributed by atoms with E-state index in [2.05, 4.69) is 5.10 Å². The first kappa shape index (κ1) is 21.2. The molecule has 1 amide bonds. The van der Waals surface area contributed by atoms with Crippen molar-refractivity contribution in [3.63, 3.8) is 0 Å². The molecule has 32 heavy (non-hydrogen) atoms. The number of amides is 1. The Morgan fingerprint density at radius 2 is 1.69 bits per heavy atom. The number of carboxylic acid groups (broad SMARTS) is 1. The van der Waals surface area contributed by atoms with Crippen LogP contribution in [-0.4, -0.2) is 35.7 Å². The van der Waals surface area contributed by atoms with E-state index in [4.69, 9.17) is 14.1 Å². The molecule has 2 N–H and O–H groups in total. The van der Waals surface area contributed by atoms with E-state index in [1.807, 2.05) is 0 Å². The van der Waals surface area contributed by atoms with Crippen molar-refractivity contribution in [3.8, 4) is 11.3 Å². The Morgan fingerprint density at radius 3 is 2.28 bits per heavy atom. The van der Waals surface area contributed by atoms with Gasteiger partial charge in [-0.05, 0) is 73.7 Å². The number of benzene rings is 2. The van der Waals surface area contributed by atoms with Gasteiger partial charge < -0.3 is 9.52 Å². The molecule has 1 aromatic heterocycles. The summed E-state index contributed by atoms with van der Waals surface area (Å²) in [4.78, 5) is 23.6. The highest BCUT2D eigenvalue weighted by atomic mass is 32.2. The van der Waals surface area contributed by atoms with Gasteiger partial charge in [0.2, 0.25) is 0 Å². The third-order valence-electron chi connectivity index (χ3n) is 4.77. The van der Waals surface area contributed by atoms with Gasteiger partial charge in [0.05, 0.1) is 27.4 Å². The Morgan fingerprint density at radius 1 is 1.03 bits per heavy atom. The highest BCUT2D eigenvalue weighted by Crippen LogP contribution is 2.28. The summed E-state index contributed by atoms with van der Waals surface area (Å²) in [6.07, 6.45) is 1.54. The number of hydrogen-bond donors (Lipinski definition) is 2. The molecular formula is C22H16N2O7S. The lowest BCUT2D eigenvalue weighted by Gasteiger charge is -2.11. The lowest BCUT2D eigenvalue weighted by Crippen LogP contribution is -2.21. The van der Waals surface area contributed by atoms with Crippen molar-refractivity contribution in [1.29, 1.82) is 0 Å². The summed E-state index contributed by atoms with van der Waals surface area (Å²) in [7, 11) is -4.28. The molecular weight excluding hydrogens is 436 g/mol. The van der Waals surface area contributed by atoms with Crippen LogP contribution in [0.1, 0.15) is 23.0 Å². The SMILES string of the molecule is CC1=NN(c2ccc(C(=O)O)cc2)C(=O)/C1=C/c1ccc(-c2ccc(S(=O)(=O)O)cc2)o1. The number of hydrogen-bond acceptors (Lipinski definition) is 6. The van der Waals surface area contributed by atoms with Gasteiger partial charge in [0, 0.05) is 5.56 Å². The van der Waals surface area contributed by atoms with Crippen LogP contribution < -0.4 is 5.01 Å². The Hall–Kier alpha value is -4.02. The minimum absolute atomic E-state index is 0.101. The third kappa shape index (κ3) is 4.09. The maximum Gasteiger partial charge on any atom is 0.335 e. The van der Waals surface area contributed by atoms with Crippen molar-refractivity contribution in [2.24, 2.45) is 5.10 Å². The predicted molar refractivity (Wildman–Crippen MR) is 116 cm³/mol. The van der Waals surface area contributed by atoms with Crippen LogP contribution in [0.2, 0.25) is 0 Å². The van der Waals surface area contributed by atoms with Gasteiger partial charge in [0.25, 0.3) is 16.0 Å². The van der Waals surface area contributed by atoms with Crippen LogP contribution in [0.5, 0.6) is 0 Å². The number of carbonyl (C=O) groups is 2. The normalized spacial score (nSPS) is 15.3. The van der Waals surface area contributed by atoms with Gasteiger partial charge in [0.15, 0.2) is 0 Å². The zero-order chi connectivity index (χ0) is 23.0. The monoisotopic (exact) mass is 452 g/mol. The van der Waals surface area contributed by atoms with Crippen LogP contribution in [0.4, 0.5) is 5.69 Å². The largest absolute Gasteiger partial charge is 0.478 e. The summed E-state index contributed by atoms with van der Waals surface area (Å²) in [5.41, 5.74) is 1.90. The number of aromatic carboxylic acids is 1. The summed E-state index contributed by atoms with van der Waals surface area (Å²) in [5, 5.41) is 14.4. The van der Waals surface area contributed by atoms with Crippen LogP contribution in [0.25, 0.3) is 17.4 Å². The maximum atomic E-state index is 12.9. The molecule has 0 unspecified atom stereocenters. The Kier molecular flexibility index (Phi) is 5.25. The molecule has 0 atom stereocenters. The van der Waals surface area contributed by atoms with E-state index in [9.17, 15) is 18.0 Å². The minimum Gasteiger partial charge on any atom is -0.478 e. The topological polar surface area (TPSA) is 137 Å². The van der Waals surface area contributed by atoms with E-state index >= 15 is 0 Å². The van der Waals surface area contributed by atoms with Crippen molar-refractivity contribution in [2.45, 2.75) is 11.8 Å². The standard InChI is InChI=1S/C22H16N2O7S/c1-13-19(21(25)24(23-13)16-6-2-15(3-7-16)22(26)27)12-17-8-11-20(31-17)14-4-9-18(10-5-14)32(28,29)30/h2-12H,1H3,(H,26,27)(H,28,29,30)/b19-12+. The molecule has 0 fully saturated rings. The first-order chi connectivity index (χ1) is 15.1. The molecule has 0 saturated heterocycles. The zero-order valence-electron chi connectivity index (χ0n) is 16.6. The molecule has 1 aliphatic heterocycles.